The van der Waals surface area contributed by atoms with Gasteiger partial charge in [0.25, 0.3) is 0 Å². The second kappa shape index (κ2) is 8.01. The molecule has 0 saturated heterocycles. The molecule has 2 rings (SSSR count). The number of halogens is 1. The van der Waals surface area contributed by atoms with E-state index in [2.05, 4.69) is 30.2 Å². The van der Waals surface area contributed by atoms with E-state index in [0.29, 0.717) is 11.6 Å². The molecule has 0 aliphatic heterocycles. The lowest BCUT2D eigenvalue weighted by Gasteiger charge is -2.15. The van der Waals surface area contributed by atoms with Gasteiger partial charge < -0.3 is 10.1 Å². The number of pyridine rings is 1. The van der Waals surface area contributed by atoms with Gasteiger partial charge in [-0.15, -0.1) is 0 Å². The highest BCUT2D eigenvalue weighted by atomic mass is 35.5. The van der Waals surface area contributed by atoms with E-state index < -0.39 is 0 Å². The Morgan fingerprint density at radius 2 is 2.19 bits per heavy atom. The Balaban J connectivity index is 1.92. The molecule has 0 fully saturated rings. The molecule has 0 aliphatic carbocycles. The van der Waals surface area contributed by atoms with E-state index in [1.807, 2.05) is 30.5 Å². The van der Waals surface area contributed by atoms with Crippen LogP contribution in [0.2, 0.25) is 5.02 Å². The molecule has 0 amide bonds. The molecule has 1 N–H and O–H groups in total. The Hall–Kier alpha value is -1.58. The van der Waals surface area contributed by atoms with E-state index in [9.17, 15) is 0 Å². The first-order valence-electron chi connectivity index (χ1n) is 7.25. The van der Waals surface area contributed by atoms with Gasteiger partial charge in [0, 0.05) is 24.9 Å². The van der Waals surface area contributed by atoms with Gasteiger partial charge in [-0.3, -0.25) is 4.98 Å². The predicted molar refractivity (Wildman–Crippen MR) is 87.0 cm³/mol. The first kappa shape index (κ1) is 15.8. The van der Waals surface area contributed by atoms with Crippen molar-refractivity contribution in [2.24, 2.45) is 0 Å². The van der Waals surface area contributed by atoms with Crippen LogP contribution in [0.4, 0.5) is 0 Å². The van der Waals surface area contributed by atoms with E-state index >= 15 is 0 Å². The van der Waals surface area contributed by atoms with Crippen LogP contribution in [0.5, 0.6) is 5.75 Å². The minimum atomic E-state index is 0.289. The normalized spacial score (nSPS) is 12.1. The maximum atomic E-state index is 6.29. The topological polar surface area (TPSA) is 34.1 Å². The lowest BCUT2D eigenvalue weighted by Crippen LogP contribution is -2.17. The van der Waals surface area contributed by atoms with E-state index in [1.165, 1.54) is 5.56 Å². The molecule has 21 heavy (non-hydrogen) atoms. The lowest BCUT2D eigenvalue weighted by molar-refractivity contribution is 0.322. The van der Waals surface area contributed by atoms with Crippen molar-refractivity contribution in [3.8, 4) is 5.75 Å². The van der Waals surface area contributed by atoms with Crippen LogP contribution < -0.4 is 10.1 Å². The Kier molecular flexibility index (Phi) is 6.03. The van der Waals surface area contributed by atoms with Gasteiger partial charge in [-0.25, -0.2) is 0 Å². The number of benzene rings is 1. The highest BCUT2D eigenvalue weighted by molar-refractivity contribution is 6.32. The minimum Gasteiger partial charge on any atom is -0.492 e. The van der Waals surface area contributed by atoms with Crippen molar-refractivity contribution in [2.75, 3.05) is 13.2 Å². The molecule has 0 saturated carbocycles. The summed E-state index contributed by atoms with van der Waals surface area (Å²) in [4.78, 5) is 4.09. The molecule has 0 spiro atoms. The summed E-state index contributed by atoms with van der Waals surface area (Å²) in [5, 5.41) is 4.02. The number of aromatic nitrogens is 1. The van der Waals surface area contributed by atoms with Gasteiger partial charge in [0.2, 0.25) is 0 Å². The zero-order chi connectivity index (χ0) is 15.1. The van der Waals surface area contributed by atoms with Crippen molar-refractivity contribution in [1.29, 1.82) is 0 Å². The number of nitrogens with zero attached hydrogens (tertiary/aromatic N) is 1. The fourth-order valence-corrected chi connectivity index (χ4v) is 2.40. The molecule has 3 nitrogen and oxygen atoms in total. The average molecular weight is 305 g/mol. The maximum Gasteiger partial charge on any atom is 0.137 e. The van der Waals surface area contributed by atoms with Crippen LogP contribution in [-0.2, 0) is 6.42 Å². The number of nitrogens with one attached hydrogen (secondary N) is 1. The van der Waals surface area contributed by atoms with E-state index in [-0.39, 0.29) is 6.04 Å². The number of hydrogen-bond donors (Lipinski definition) is 1. The number of hydrogen-bond acceptors (Lipinski definition) is 3. The average Bonchev–Trinajstić information content (AvgIpc) is 2.50. The highest BCUT2D eigenvalue weighted by Crippen LogP contribution is 2.28. The molecule has 1 aromatic carbocycles. The molecular weight excluding hydrogens is 284 g/mol. The first-order valence-corrected chi connectivity index (χ1v) is 7.63. The van der Waals surface area contributed by atoms with Crippen LogP contribution in [0.15, 0.2) is 42.7 Å². The van der Waals surface area contributed by atoms with Crippen LogP contribution in [0, 0.1) is 0 Å². The van der Waals surface area contributed by atoms with Crippen LogP contribution in [0.3, 0.4) is 0 Å². The van der Waals surface area contributed by atoms with Gasteiger partial charge in [-0.05, 0) is 42.8 Å². The summed E-state index contributed by atoms with van der Waals surface area (Å²) in [6.45, 7) is 5.74. The molecule has 1 unspecified atom stereocenters. The molecule has 0 bridgehead atoms. The van der Waals surface area contributed by atoms with Crippen LogP contribution in [0.25, 0.3) is 0 Å². The number of rotatable bonds is 7. The third kappa shape index (κ3) is 4.73. The largest absolute Gasteiger partial charge is 0.492 e. The molecule has 0 aliphatic rings. The standard InChI is InChI=1S/C17H21ClN2O/c1-3-20-13(2)15-6-7-17(16(18)11-15)21-10-8-14-5-4-9-19-12-14/h4-7,9,11-13,20H,3,8,10H2,1-2H3. The molecule has 112 valence electrons. The fourth-order valence-electron chi connectivity index (χ4n) is 2.15. The van der Waals surface area contributed by atoms with Gasteiger partial charge in [0.05, 0.1) is 11.6 Å². The van der Waals surface area contributed by atoms with E-state index in [0.717, 1.165) is 24.3 Å². The summed E-state index contributed by atoms with van der Waals surface area (Å²) in [5.74, 6) is 0.730. The van der Waals surface area contributed by atoms with E-state index in [1.54, 1.807) is 6.20 Å². The third-order valence-corrected chi connectivity index (χ3v) is 3.63. The monoisotopic (exact) mass is 304 g/mol. The van der Waals surface area contributed by atoms with Crippen LogP contribution in [0.1, 0.15) is 31.0 Å². The van der Waals surface area contributed by atoms with Crippen molar-refractivity contribution < 1.29 is 4.74 Å². The van der Waals surface area contributed by atoms with Gasteiger partial charge in [0.15, 0.2) is 0 Å². The van der Waals surface area contributed by atoms with Crippen molar-refractivity contribution in [3.05, 3.63) is 58.9 Å². The van der Waals surface area contributed by atoms with Gasteiger partial charge >= 0.3 is 0 Å². The Labute approximate surface area is 131 Å². The Morgan fingerprint density at radius 1 is 1.33 bits per heavy atom. The molecule has 1 atom stereocenters. The second-order valence-electron chi connectivity index (χ2n) is 4.93. The minimum absolute atomic E-state index is 0.289. The summed E-state index contributed by atoms with van der Waals surface area (Å²) >= 11 is 6.29. The quantitative estimate of drug-likeness (QED) is 0.838. The Bertz CT molecular complexity index is 560. The molecule has 1 heterocycles. The zero-order valence-electron chi connectivity index (χ0n) is 12.5. The van der Waals surface area contributed by atoms with Crippen molar-refractivity contribution in [1.82, 2.24) is 10.3 Å². The maximum absolute atomic E-state index is 6.29. The summed E-state index contributed by atoms with van der Waals surface area (Å²) in [7, 11) is 0. The van der Waals surface area contributed by atoms with Crippen LogP contribution in [-0.4, -0.2) is 18.1 Å². The second-order valence-corrected chi connectivity index (χ2v) is 5.34. The van der Waals surface area contributed by atoms with Gasteiger partial charge in [-0.2, -0.15) is 0 Å². The van der Waals surface area contributed by atoms with Crippen molar-refractivity contribution in [3.63, 3.8) is 0 Å². The smallest absolute Gasteiger partial charge is 0.137 e. The summed E-state index contributed by atoms with van der Waals surface area (Å²) in [6, 6.07) is 10.2. The molecule has 2 aromatic rings. The first-order chi connectivity index (χ1) is 10.2. The van der Waals surface area contributed by atoms with Crippen molar-refractivity contribution in [2.45, 2.75) is 26.3 Å². The fraction of sp³-hybridized carbons (Fsp3) is 0.353. The zero-order valence-corrected chi connectivity index (χ0v) is 13.2. The molecule has 0 radical (unpaired) electrons. The molecule has 4 heteroatoms. The third-order valence-electron chi connectivity index (χ3n) is 3.34. The Morgan fingerprint density at radius 3 is 2.86 bits per heavy atom. The summed E-state index contributed by atoms with van der Waals surface area (Å²) in [6.07, 6.45) is 4.44. The van der Waals surface area contributed by atoms with Crippen molar-refractivity contribution >= 4 is 11.6 Å². The summed E-state index contributed by atoms with van der Waals surface area (Å²) < 4.78 is 5.76. The SMILES string of the molecule is CCNC(C)c1ccc(OCCc2cccnc2)c(Cl)c1. The van der Waals surface area contributed by atoms with Crippen LogP contribution >= 0.6 is 11.6 Å². The van der Waals surface area contributed by atoms with Gasteiger partial charge in [0.1, 0.15) is 5.75 Å². The van der Waals surface area contributed by atoms with Gasteiger partial charge in [-0.1, -0.05) is 30.7 Å². The number of ether oxygens (including phenoxy) is 1. The van der Waals surface area contributed by atoms with E-state index in [4.69, 9.17) is 16.3 Å². The highest BCUT2D eigenvalue weighted by Gasteiger charge is 2.08. The molecule has 1 aromatic heterocycles. The lowest BCUT2D eigenvalue weighted by atomic mass is 10.1. The summed E-state index contributed by atoms with van der Waals surface area (Å²) in [5.41, 5.74) is 2.33. The molecular formula is C17H21ClN2O. The predicted octanol–water partition coefficient (Wildman–Crippen LogP) is 4.03.